The van der Waals surface area contributed by atoms with Crippen molar-refractivity contribution in [1.82, 2.24) is 0 Å². The Morgan fingerprint density at radius 2 is 1.47 bits per heavy atom. The summed E-state index contributed by atoms with van der Waals surface area (Å²) in [5.74, 6) is -9.22. The molecule has 8 heteroatoms. The monoisotopic (exact) mass is 508 g/mol. The molecule has 0 aromatic heterocycles. The lowest BCUT2D eigenvalue weighted by Gasteiger charge is -2.22. The minimum atomic E-state index is -4.49. The number of rotatable bonds is 7. The van der Waals surface area contributed by atoms with Crippen LogP contribution in [0.5, 0.6) is 5.75 Å². The highest BCUT2D eigenvalue weighted by molar-refractivity contribution is 5.71. The van der Waals surface area contributed by atoms with Gasteiger partial charge in [-0.1, -0.05) is 56.2 Å². The van der Waals surface area contributed by atoms with Crippen LogP contribution in [-0.2, 0) is 6.11 Å². The average Bonchev–Trinajstić information content (AvgIpc) is 2.84. The lowest BCUT2D eigenvalue weighted by atomic mass is 9.84. The summed E-state index contributed by atoms with van der Waals surface area (Å²) in [6.07, 6.45) is 3.06. The van der Waals surface area contributed by atoms with Crippen molar-refractivity contribution in [2.24, 2.45) is 5.92 Å². The molecule has 4 rings (SSSR count). The van der Waals surface area contributed by atoms with Crippen LogP contribution in [0.4, 0.5) is 30.7 Å². The Kier molecular flexibility index (Phi) is 7.43. The smallest absolute Gasteiger partial charge is 0.429 e. The fourth-order valence-corrected chi connectivity index (χ4v) is 4.48. The van der Waals surface area contributed by atoms with E-state index in [-0.39, 0.29) is 23.3 Å². The van der Waals surface area contributed by atoms with Crippen molar-refractivity contribution in [2.45, 2.75) is 45.1 Å². The van der Waals surface area contributed by atoms with Gasteiger partial charge in [0.1, 0.15) is 11.3 Å². The molecule has 0 aliphatic heterocycles. The minimum Gasteiger partial charge on any atom is -0.429 e. The maximum Gasteiger partial charge on any atom is 0.429 e. The fourth-order valence-electron chi connectivity index (χ4n) is 4.48. The summed E-state index contributed by atoms with van der Waals surface area (Å²) in [7, 11) is 0. The lowest BCUT2D eigenvalue weighted by Crippen LogP contribution is -2.24. The van der Waals surface area contributed by atoms with Crippen LogP contribution in [0.2, 0.25) is 0 Å². The van der Waals surface area contributed by atoms with Crippen molar-refractivity contribution in [3.63, 3.8) is 0 Å². The topological polar surface area (TPSA) is 9.23 Å². The zero-order valence-corrected chi connectivity index (χ0v) is 19.4. The lowest BCUT2D eigenvalue weighted by molar-refractivity contribution is -0.187. The van der Waals surface area contributed by atoms with Gasteiger partial charge in [0.15, 0.2) is 29.1 Å². The first-order chi connectivity index (χ1) is 17.1. The summed E-state index contributed by atoms with van der Waals surface area (Å²) in [6, 6.07) is 8.71. The van der Waals surface area contributed by atoms with Crippen molar-refractivity contribution in [2.75, 3.05) is 0 Å². The zero-order chi connectivity index (χ0) is 26.0. The van der Waals surface area contributed by atoms with E-state index in [1.165, 1.54) is 12.0 Å². The molecule has 1 aliphatic carbocycles. The van der Waals surface area contributed by atoms with E-state index in [4.69, 9.17) is 0 Å². The third kappa shape index (κ3) is 5.27. The molecule has 0 bridgehead atoms. The van der Waals surface area contributed by atoms with E-state index in [1.54, 1.807) is 24.3 Å². The number of benzene rings is 3. The van der Waals surface area contributed by atoms with Gasteiger partial charge in [0.2, 0.25) is 0 Å². The molecule has 0 fully saturated rings. The molecule has 1 aliphatic rings. The predicted molar refractivity (Wildman–Crippen MR) is 123 cm³/mol. The quantitative estimate of drug-likeness (QED) is 0.228. The minimum absolute atomic E-state index is 0.183. The zero-order valence-electron chi connectivity index (χ0n) is 19.4. The molecule has 1 atom stereocenters. The van der Waals surface area contributed by atoms with E-state index in [9.17, 15) is 30.7 Å². The van der Waals surface area contributed by atoms with Crippen molar-refractivity contribution < 1.29 is 35.5 Å². The van der Waals surface area contributed by atoms with E-state index in [0.29, 0.717) is 12.0 Å². The molecule has 190 valence electrons. The molecule has 36 heavy (non-hydrogen) atoms. The summed E-state index contributed by atoms with van der Waals surface area (Å²) in [5.41, 5.74) is 0.720. The Morgan fingerprint density at radius 3 is 2.06 bits per heavy atom. The van der Waals surface area contributed by atoms with Gasteiger partial charge in [0.05, 0.1) is 0 Å². The number of hydrogen-bond donors (Lipinski definition) is 0. The second-order valence-corrected chi connectivity index (χ2v) is 8.84. The molecular weight excluding hydrogens is 485 g/mol. The Bertz CT molecular complexity index is 1260. The first-order valence-electron chi connectivity index (χ1n) is 11.6. The van der Waals surface area contributed by atoms with E-state index in [0.717, 1.165) is 37.3 Å². The van der Waals surface area contributed by atoms with E-state index < -0.39 is 46.5 Å². The van der Waals surface area contributed by atoms with Gasteiger partial charge < -0.3 is 4.74 Å². The molecule has 3 aromatic rings. The van der Waals surface area contributed by atoms with Gasteiger partial charge >= 0.3 is 6.11 Å². The van der Waals surface area contributed by atoms with Crippen LogP contribution in [-0.4, -0.2) is 0 Å². The number of hydrogen-bond acceptors (Lipinski definition) is 1. The van der Waals surface area contributed by atoms with Gasteiger partial charge in [-0.25, -0.2) is 22.0 Å². The van der Waals surface area contributed by atoms with E-state index in [1.807, 2.05) is 0 Å². The molecule has 0 radical (unpaired) electrons. The van der Waals surface area contributed by atoms with Gasteiger partial charge in [-0.05, 0) is 47.9 Å². The van der Waals surface area contributed by atoms with Gasteiger partial charge in [-0.15, -0.1) is 0 Å². The van der Waals surface area contributed by atoms with Crippen LogP contribution >= 0.6 is 0 Å². The highest BCUT2D eigenvalue weighted by Crippen LogP contribution is 2.38. The van der Waals surface area contributed by atoms with Crippen LogP contribution in [0.25, 0.3) is 16.7 Å². The van der Waals surface area contributed by atoms with Gasteiger partial charge in [0, 0.05) is 17.7 Å². The van der Waals surface area contributed by atoms with Crippen LogP contribution in [0.1, 0.15) is 50.2 Å². The largest absolute Gasteiger partial charge is 0.429 e. The summed E-state index contributed by atoms with van der Waals surface area (Å²) in [5, 5.41) is 0. The number of ether oxygens (including phenoxy) is 1. The molecule has 0 N–H and O–H groups in total. The van der Waals surface area contributed by atoms with Crippen molar-refractivity contribution in [3.8, 4) is 16.9 Å². The average molecular weight is 508 g/mol. The summed E-state index contributed by atoms with van der Waals surface area (Å²) in [6.45, 7) is 2.16. The maximum atomic E-state index is 14.8. The predicted octanol–water partition coefficient (Wildman–Crippen LogP) is 9.16. The molecule has 3 aromatic carbocycles. The van der Waals surface area contributed by atoms with Crippen LogP contribution < -0.4 is 4.74 Å². The van der Waals surface area contributed by atoms with Gasteiger partial charge in [-0.3, -0.25) is 0 Å². The second kappa shape index (κ2) is 10.4. The third-order valence-electron chi connectivity index (χ3n) is 6.38. The third-order valence-corrected chi connectivity index (χ3v) is 6.38. The van der Waals surface area contributed by atoms with Crippen molar-refractivity contribution >= 4 is 5.57 Å². The molecule has 0 saturated heterocycles. The summed E-state index contributed by atoms with van der Waals surface area (Å²) in [4.78, 5) is 0. The SMILES string of the molecule is CCCC1CC=C(c2ccc(-c3ccc(C(F)(F)Oc4cc(F)c(F)c(F)c4)c(F)c3F)cc2)CC1. The number of allylic oxidation sites excluding steroid dienone is 2. The molecule has 1 unspecified atom stereocenters. The number of halogens is 7. The van der Waals surface area contributed by atoms with Gasteiger partial charge in [-0.2, -0.15) is 8.78 Å². The van der Waals surface area contributed by atoms with Crippen molar-refractivity contribution in [3.05, 3.63) is 94.8 Å². The highest BCUT2D eigenvalue weighted by Gasteiger charge is 2.40. The van der Waals surface area contributed by atoms with Crippen molar-refractivity contribution in [1.29, 1.82) is 0 Å². The Hall–Kier alpha value is -3.29. The van der Waals surface area contributed by atoms with Crippen LogP contribution in [0.15, 0.2) is 54.6 Å². The Labute approximate surface area is 204 Å². The Morgan fingerprint density at radius 1 is 0.833 bits per heavy atom. The molecule has 0 saturated carbocycles. The Balaban J connectivity index is 1.56. The van der Waals surface area contributed by atoms with Crippen LogP contribution in [0.3, 0.4) is 0 Å². The maximum absolute atomic E-state index is 14.8. The molecule has 0 heterocycles. The molecule has 0 spiro atoms. The second-order valence-electron chi connectivity index (χ2n) is 8.84. The van der Waals surface area contributed by atoms with Crippen LogP contribution in [0, 0.1) is 35.0 Å². The summed E-state index contributed by atoms with van der Waals surface area (Å²) < 4.78 is 102. The molecule has 0 amide bonds. The fraction of sp³-hybridized carbons (Fsp3) is 0.286. The summed E-state index contributed by atoms with van der Waals surface area (Å²) >= 11 is 0. The van der Waals surface area contributed by atoms with E-state index in [2.05, 4.69) is 17.7 Å². The van der Waals surface area contributed by atoms with E-state index >= 15 is 0 Å². The highest BCUT2D eigenvalue weighted by atomic mass is 19.3. The first-order valence-corrected chi connectivity index (χ1v) is 11.6. The first kappa shape index (κ1) is 25.8. The number of alkyl halides is 2. The molecular formula is C28H23F7O. The van der Waals surface area contributed by atoms with Gasteiger partial charge in [0.25, 0.3) is 0 Å². The molecule has 1 nitrogen and oxygen atoms in total. The normalized spacial score (nSPS) is 16.1. The standard InChI is InChI=1S/C28H23F7O/c1-2-3-16-4-6-17(7-5-16)18-8-10-19(11-9-18)21-12-13-22(26(32)25(21)31)28(34,35)36-20-14-23(29)27(33)24(30)15-20/h6,8-16H,2-5,7H2,1H3.